The molecule has 138 valence electrons. The minimum absolute atomic E-state index is 0.211. The van der Waals surface area contributed by atoms with Crippen LogP contribution in [0.5, 0.6) is 0 Å². The van der Waals surface area contributed by atoms with E-state index < -0.39 is 10.0 Å². The number of hydrogen-bond donors (Lipinski definition) is 0. The van der Waals surface area contributed by atoms with Crippen LogP contribution in [0.1, 0.15) is 17.9 Å². The molecule has 3 aromatic heterocycles. The van der Waals surface area contributed by atoms with Crippen LogP contribution in [0.15, 0.2) is 29.6 Å². The van der Waals surface area contributed by atoms with Gasteiger partial charge in [-0.25, -0.2) is 22.7 Å². The minimum Gasteiger partial charge on any atom is -0.335 e. The largest absolute Gasteiger partial charge is 0.335 e. The molecule has 8 nitrogen and oxygen atoms in total. The second-order valence-electron chi connectivity index (χ2n) is 6.94. The Bertz CT molecular complexity index is 1070. The number of aromatic nitrogens is 5. The lowest BCUT2D eigenvalue weighted by molar-refractivity contribution is 0.303. The Hall–Kier alpha value is -2.26. The van der Waals surface area contributed by atoms with Gasteiger partial charge >= 0.3 is 0 Å². The molecule has 0 saturated heterocycles. The molecule has 0 unspecified atom stereocenters. The molecule has 0 radical (unpaired) electrons. The van der Waals surface area contributed by atoms with E-state index in [1.165, 1.54) is 10.5 Å². The van der Waals surface area contributed by atoms with Crippen LogP contribution in [-0.4, -0.2) is 50.6 Å². The number of nitrogens with zero attached hydrogens (tertiary/aromatic N) is 6. The lowest BCUT2D eigenvalue weighted by Gasteiger charge is -2.27. The maximum atomic E-state index is 13.0. The van der Waals surface area contributed by atoms with Crippen molar-refractivity contribution in [3.63, 3.8) is 0 Å². The van der Waals surface area contributed by atoms with Crippen LogP contribution >= 0.6 is 0 Å². The number of hydrogen-bond acceptors (Lipinski definition) is 5. The van der Waals surface area contributed by atoms with Gasteiger partial charge in [-0.05, 0) is 25.3 Å². The third kappa shape index (κ3) is 2.80. The average molecular weight is 374 g/mol. The maximum absolute atomic E-state index is 13.0. The molecule has 0 aromatic carbocycles. The van der Waals surface area contributed by atoms with Crippen molar-refractivity contribution in [3.8, 4) is 0 Å². The first-order chi connectivity index (χ1) is 12.4. The van der Waals surface area contributed by atoms with Gasteiger partial charge in [-0.2, -0.15) is 5.10 Å². The van der Waals surface area contributed by atoms with Crippen LogP contribution in [0, 0.1) is 12.8 Å². The standard InChI is InChI=1S/C17H22N6O2S/c1-12-15-8-14(9-19-17(15)22(3)20-12)26(24,25)21(2)10-13-4-5-16-18-6-7-23(16)11-13/h6-9,13H,4-5,10-11H2,1-3H3/t13-/m0/s1. The zero-order valence-electron chi connectivity index (χ0n) is 15.1. The number of aryl methyl sites for hydroxylation is 3. The third-order valence-corrected chi connectivity index (χ3v) is 6.88. The van der Waals surface area contributed by atoms with Gasteiger partial charge in [0.15, 0.2) is 5.65 Å². The summed E-state index contributed by atoms with van der Waals surface area (Å²) in [4.78, 5) is 8.83. The topological polar surface area (TPSA) is 85.9 Å². The van der Waals surface area contributed by atoms with Crippen molar-refractivity contribution in [2.24, 2.45) is 13.0 Å². The van der Waals surface area contributed by atoms with Gasteiger partial charge in [0.05, 0.1) is 5.69 Å². The summed E-state index contributed by atoms with van der Waals surface area (Å²) in [7, 11) is -0.153. The highest BCUT2D eigenvalue weighted by atomic mass is 32.2. The highest BCUT2D eigenvalue weighted by Crippen LogP contribution is 2.24. The minimum atomic E-state index is -3.59. The lowest BCUT2D eigenvalue weighted by atomic mass is 10.00. The first kappa shape index (κ1) is 17.2. The predicted octanol–water partition coefficient (Wildman–Crippen LogP) is 1.36. The van der Waals surface area contributed by atoms with Gasteiger partial charge in [0.2, 0.25) is 10.0 Å². The van der Waals surface area contributed by atoms with E-state index in [0.29, 0.717) is 12.2 Å². The molecule has 0 bridgehead atoms. The predicted molar refractivity (Wildman–Crippen MR) is 97.1 cm³/mol. The van der Waals surface area contributed by atoms with Crippen molar-refractivity contribution in [3.05, 3.63) is 36.2 Å². The van der Waals surface area contributed by atoms with E-state index in [2.05, 4.69) is 19.6 Å². The van der Waals surface area contributed by atoms with Crippen LogP contribution in [0.2, 0.25) is 0 Å². The fourth-order valence-electron chi connectivity index (χ4n) is 3.66. The van der Waals surface area contributed by atoms with Gasteiger partial charge < -0.3 is 4.57 Å². The highest BCUT2D eigenvalue weighted by molar-refractivity contribution is 7.89. The molecule has 1 aliphatic rings. The number of fused-ring (bicyclic) bond motifs is 2. The van der Waals surface area contributed by atoms with Crippen LogP contribution in [0.4, 0.5) is 0 Å². The van der Waals surface area contributed by atoms with Gasteiger partial charge in [0.25, 0.3) is 0 Å². The second-order valence-corrected chi connectivity index (χ2v) is 8.98. The first-order valence-corrected chi connectivity index (χ1v) is 10.1. The van der Waals surface area contributed by atoms with E-state index in [4.69, 9.17) is 0 Å². The Morgan fingerprint density at radius 1 is 1.35 bits per heavy atom. The van der Waals surface area contributed by atoms with Crippen molar-refractivity contribution in [2.75, 3.05) is 13.6 Å². The third-order valence-electron chi connectivity index (χ3n) is 5.09. The summed E-state index contributed by atoms with van der Waals surface area (Å²) in [6.45, 7) is 3.13. The summed E-state index contributed by atoms with van der Waals surface area (Å²) in [6, 6.07) is 1.67. The fraction of sp³-hybridized carbons (Fsp3) is 0.471. The quantitative estimate of drug-likeness (QED) is 0.688. The summed E-state index contributed by atoms with van der Waals surface area (Å²) >= 11 is 0. The lowest BCUT2D eigenvalue weighted by Crippen LogP contribution is -2.35. The summed E-state index contributed by atoms with van der Waals surface area (Å²) in [6.07, 6.45) is 7.00. The van der Waals surface area contributed by atoms with Gasteiger partial charge in [-0.15, -0.1) is 0 Å². The highest BCUT2D eigenvalue weighted by Gasteiger charge is 2.27. The molecular weight excluding hydrogens is 352 g/mol. The van der Waals surface area contributed by atoms with Crippen molar-refractivity contribution >= 4 is 21.1 Å². The molecule has 0 N–H and O–H groups in total. The molecule has 4 heterocycles. The smallest absolute Gasteiger partial charge is 0.244 e. The second kappa shape index (κ2) is 6.17. The molecular formula is C17H22N6O2S. The molecule has 0 aliphatic carbocycles. The molecule has 0 saturated carbocycles. The molecule has 3 aromatic rings. The molecule has 0 amide bonds. The Morgan fingerprint density at radius 3 is 2.96 bits per heavy atom. The van der Waals surface area contributed by atoms with E-state index in [1.807, 2.05) is 13.1 Å². The van der Waals surface area contributed by atoms with Gasteiger partial charge in [0, 0.05) is 57.6 Å². The van der Waals surface area contributed by atoms with Crippen LogP contribution in [0.25, 0.3) is 11.0 Å². The Balaban J connectivity index is 1.57. The average Bonchev–Trinajstić information content (AvgIpc) is 3.19. The Kier molecular flexibility index (Phi) is 4.07. The summed E-state index contributed by atoms with van der Waals surface area (Å²) < 4.78 is 31.2. The van der Waals surface area contributed by atoms with Crippen LogP contribution < -0.4 is 0 Å². The Labute approximate surface area is 152 Å². The molecule has 4 rings (SSSR count). The summed E-state index contributed by atoms with van der Waals surface area (Å²) in [5.74, 6) is 1.35. The monoisotopic (exact) mass is 374 g/mol. The maximum Gasteiger partial charge on any atom is 0.244 e. The molecule has 0 fully saturated rings. The first-order valence-electron chi connectivity index (χ1n) is 8.62. The fourth-order valence-corrected chi connectivity index (χ4v) is 4.88. The summed E-state index contributed by atoms with van der Waals surface area (Å²) in [5, 5.41) is 5.07. The SMILES string of the molecule is Cc1nn(C)c2ncc(S(=O)(=O)N(C)C[C@@H]3CCc4nccn4C3)cc12. The number of sulfonamides is 1. The zero-order chi connectivity index (χ0) is 18.5. The van der Waals surface area contributed by atoms with Crippen LogP contribution in [0.3, 0.4) is 0 Å². The zero-order valence-corrected chi connectivity index (χ0v) is 15.9. The summed E-state index contributed by atoms with van der Waals surface area (Å²) in [5.41, 5.74) is 1.46. The number of rotatable bonds is 4. The van der Waals surface area contributed by atoms with Crippen molar-refractivity contribution in [1.82, 2.24) is 28.6 Å². The van der Waals surface area contributed by atoms with E-state index in [9.17, 15) is 8.42 Å². The van der Waals surface area contributed by atoms with E-state index in [-0.39, 0.29) is 10.8 Å². The molecule has 26 heavy (non-hydrogen) atoms. The van der Waals surface area contributed by atoms with Crippen molar-refractivity contribution in [1.29, 1.82) is 0 Å². The van der Waals surface area contributed by atoms with E-state index in [0.717, 1.165) is 36.3 Å². The van der Waals surface area contributed by atoms with Crippen molar-refractivity contribution in [2.45, 2.75) is 31.2 Å². The molecule has 1 aliphatic heterocycles. The molecule has 0 spiro atoms. The van der Waals surface area contributed by atoms with Gasteiger partial charge in [0.1, 0.15) is 10.7 Å². The Morgan fingerprint density at radius 2 is 2.15 bits per heavy atom. The number of pyridine rings is 1. The van der Waals surface area contributed by atoms with E-state index in [1.54, 1.807) is 31.0 Å². The molecule has 9 heteroatoms. The van der Waals surface area contributed by atoms with Crippen molar-refractivity contribution < 1.29 is 8.42 Å². The van der Waals surface area contributed by atoms with Gasteiger partial charge in [-0.3, -0.25) is 4.68 Å². The van der Waals surface area contributed by atoms with E-state index >= 15 is 0 Å². The molecule has 1 atom stereocenters. The number of imidazole rings is 1. The van der Waals surface area contributed by atoms with Gasteiger partial charge in [-0.1, -0.05) is 0 Å². The normalized spacial score (nSPS) is 17.8. The van der Waals surface area contributed by atoms with Crippen LogP contribution in [-0.2, 0) is 30.0 Å².